The lowest BCUT2D eigenvalue weighted by atomic mass is 9.77. The minimum atomic E-state index is -0.405. The lowest BCUT2D eigenvalue weighted by molar-refractivity contribution is 0.00578. The van der Waals surface area contributed by atoms with Crippen molar-refractivity contribution in [1.29, 1.82) is 0 Å². The van der Waals surface area contributed by atoms with Crippen molar-refractivity contribution in [3.05, 3.63) is 47.4 Å². The average Bonchev–Trinajstić information content (AvgIpc) is 2.65. The van der Waals surface area contributed by atoms with Crippen LogP contribution in [0.15, 0.2) is 36.3 Å². The Morgan fingerprint density at radius 1 is 1.14 bits per heavy atom. The number of benzene rings is 1. The van der Waals surface area contributed by atoms with Crippen LogP contribution in [0.5, 0.6) is 0 Å². The van der Waals surface area contributed by atoms with Crippen LogP contribution in [-0.2, 0) is 9.31 Å². The molecule has 2 rings (SSSR count). The van der Waals surface area contributed by atoms with Crippen molar-refractivity contribution in [2.24, 2.45) is 5.73 Å². The first-order valence-corrected chi connectivity index (χ1v) is 7.28. The van der Waals surface area contributed by atoms with Crippen LogP contribution in [0.4, 0.5) is 0 Å². The lowest BCUT2D eigenvalue weighted by Crippen LogP contribution is -2.41. The van der Waals surface area contributed by atoms with Gasteiger partial charge in [0.25, 0.3) is 0 Å². The highest BCUT2D eigenvalue weighted by molar-refractivity contribution is 6.55. The maximum Gasteiger partial charge on any atom is 0.491 e. The number of hydrogen-bond donors (Lipinski definition) is 1. The molecular weight excluding hydrogens is 261 g/mol. The second kappa shape index (κ2) is 5.80. The largest absolute Gasteiger partial charge is 0.491 e. The summed E-state index contributed by atoms with van der Waals surface area (Å²) in [7, 11) is -0.405. The fourth-order valence-corrected chi connectivity index (χ4v) is 2.25. The van der Waals surface area contributed by atoms with E-state index in [2.05, 4.69) is 6.58 Å². The molecule has 1 aliphatic rings. The second-order valence-electron chi connectivity index (χ2n) is 6.34. The molecule has 0 aliphatic carbocycles. The third-order valence-electron chi connectivity index (χ3n) is 4.35. The van der Waals surface area contributed by atoms with E-state index < -0.39 is 7.12 Å². The van der Waals surface area contributed by atoms with Gasteiger partial charge in [-0.25, -0.2) is 0 Å². The second-order valence-corrected chi connectivity index (χ2v) is 6.34. The molecule has 0 spiro atoms. The van der Waals surface area contributed by atoms with Gasteiger partial charge in [-0.2, -0.15) is 0 Å². The minimum Gasteiger partial charge on any atom is -0.400 e. The van der Waals surface area contributed by atoms with E-state index >= 15 is 0 Å². The summed E-state index contributed by atoms with van der Waals surface area (Å²) in [6.07, 6.45) is 3.88. The molecule has 0 aromatic heterocycles. The van der Waals surface area contributed by atoms with Crippen molar-refractivity contribution in [1.82, 2.24) is 0 Å². The number of nitrogens with two attached hydrogens (primary N) is 1. The zero-order valence-electron chi connectivity index (χ0n) is 13.3. The maximum atomic E-state index is 6.07. The molecule has 3 nitrogen and oxygen atoms in total. The Morgan fingerprint density at radius 2 is 1.67 bits per heavy atom. The van der Waals surface area contributed by atoms with Gasteiger partial charge in [0, 0.05) is 6.54 Å². The van der Waals surface area contributed by atoms with Crippen molar-refractivity contribution in [2.75, 3.05) is 6.54 Å². The van der Waals surface area contributed by atoms with Crippen LogP contribution in [0, 0.1) is 0 Å². The molecule has 2 N–H and O–H groups in total. The molecule has 1 fully saturated rings. The summed E-state index contributed by atoms with van der Waals surface area (Å²) in [4.78, 5) is 0. The van der Waals surface area contributed by atoms with Gasteiger partial charge in [0.2, 0.25) is 0 Å². The molecule has 0 bridgehead atoms. The minimum absolute atomic E-state index is 0.357. The highest BCUT2D eigenvalue weighted by Gasteiger charge is 2.52. The van der Waals surface area contributed by atoms with Gasteiger partial charge in [-0.1, -0.05) is 43.0 Å². The van der Waals surface area contributed by atoms with Crippen molar-refractivity contribution in [3.8, 4) is 0 Å². The fourth-order valence-electron chi connectivity index (χ4n) is 2.25. The van der Waals surface area contributed by atoms with Gasteiger partial charge in [-0.15, -0.1) is 0 Å². The van der Waals surface area contributed by atoms with Gasteiger partial charge in [-0.3, -0.25) is 0 Å². The Bertz CT molecular complexity index is 548. The molecule has 0 amide bonds. The quantitative estimate of drug-likeness (QED) is 0.863. The zero-order valence-corrected chi connectivity index (χ0v) is 13.3. The van der Waals surface area contributed by atoms with Crippen molar-refractivity contribution in [3.63, 3.8) is 0 Å². The molecule has 1 heterocycles. The summed E-state index contributed by atoms with van der Waals surface area (Å²) in [5, 5.41) is 0. The van der Waals surface area contributed by atoms with Crippen molar-refractivity contribution < 1.29 is 9.31 Å². The van der Waals surface area contributed by atoms with E-state index in [0.717, 1.165) is 16.6 Å². The summed E-state index contributed by atoms with van der Waals surface area (Å²) in [5.74, 6) is 0. The van der Waals surface area contributed by atoms with Crippen LogP contribution in [0.3, 0.4) is 0 Å². The molecule has 112 valence electrons. The van der Waals surface area contributed by atoms with Crippen LogP contribution < -0.4 is 5.73 Å². The first kappa shape index (κ1) is 16.0. The molecule has 1 aromatic rings. The Kier molecular flexibility index (Phi) is 4.42. The molecule has 1 aromatic carbocycles. The predicted molar refractivity (Wildman–Crippen MR) is 89.6 cm³/mol. The topological polar surface area (TPSA) is 44.5 Å². The first-order chi connectivity index (χ1) is 9.80. The van der Waals surface area contributed by atoms with E-state index in [-0.39, 0.29) is 11.2 Å². The monoisotopic (exact) mass is 285 g/mol. The summed E-state index contributed by atoms with van der Waals surface area (Å²) >= 11 is 0. The molecule has 0 unspecified atom stereocenters. The summed E-state index contributed by atoms with van der Waals surface area (Å²) < 4.78 is 12.1. The summed E-state index contributed by atoms with van der Waals surface area (Å²) in [6, 6.07) is 8.05. The number of hydrogen-bond acceptors (Lipinski definition) is 3. The van der Waals surface area contributed by atoms with Crippen LogP contribution in [-0.4, -0.2) is 24.9 Å². The smallest absolute Gasteiger partial charge is 0.400 e. The Morgan fingerprint density at radius 3 is 2.14 bits per heavy atom. The van der Waals surface area contributed by atoms with E-state index in [1.807, 2.05) is 64.1 Å². The van der Waals surface area contributed by atoms with Gasteiger partial charge in [0.1, 0.15) is 0 Å². The van der Waals surface area contributed by atoms with Gasteiger partial charge < -0.3 is 15.0 Å². The molecule has 0 atom stereocenters. The molecular formula is C17H24BNO2. The van der Waals surface area contributed by atoms with Gasteiger partial charge in [0.05, 0.1) is 11.2 Å². The summed E-state index contributed by atoms with van der Waals surface area (Å²) in [5.41, 5.74) is 8.28. The van der Waals surface area contributed by atoms with E-state index in [1.54, 1.807) is 0 Å². The predicted octanol–water partition coefficient (Wildman–Crippen LogP) is 3.30. The first-order valence-electron chi connectivity index (χ1n) is 7.28. The third kappa shape index (κ3) is 3.13. The number of rotatable bonds is 4. The maximum absolute atomic E-state index is 6.07. The highest BCUT2D eigenvalue weighted by atomic mass is 16.7. The van der Waals surface area contributed by atoms with Gasteiger partial charge in [0.15, 0.2) is 0 Å². The molecule has 0 saturated carbocycles. The molecule has 1 aliphatic heterocycles. The van der Waals surface area contributed by atoms with Crippen molar-refractivity contribution >= 4 is 19.3 Å². The molecule has 0 radical (unpaired) electrons. The van der Waals surface area contributed by atoms with Crippen LogP contribution in [0.25, 0.3) is 12.2 Å². The van der Waals surface area contributed by atoms with E-state index in [4.69, 9.17) is 15.0 Å². The van der Waals surface area contributed by atoms with E-state index in [0.29, 0.717) is 6.54 Å². The van der Waals surface area contributed by atoms with Crippen LogP contribution >= 0.6 is 0 Å². The highest BCUT2D eigenvalue weighted by Crippen LogP contribution is 2.38. The average molecular weight is 285 g/mol. The fraction of sp³-hybridized carbons (Fsp3) is 0.412. The van der Waals surface area contributed by atoms with Crippen LogP contribution in [0.2, 0.25) is 0 Å². The third-order valence-corrected chi connectivity index (χ3v) is 4.35. The Labute approximate surface area is 128 Å². The molecule has 1 saturated heterocycles. The zero-order chi connectivity index (χ0) is 15.7. The van der Waals surface area contributed by atoms with E-state index in [9.17, 15) is 0 Å². The molecule has 21 heavy (non-hydrogen) atoms. The summed E-state index contributed by atoms with van der Waals surface area (Å²) in [6.45, 7) is 12.4. The standard InChI is InChI=1S/C17H24BNO2/c1-6-13-9-7-8-10-14(13)11-15(12-19)18-20-16(2,3)17(4,5)21-18/h6-11H,1,12,19H2,2-5H3. The van der Waals surface area contributed by atoms with Crippen molar-refractivity contribution in [2.45, 2.75) is 38.9 Å². The lowest BCUT2D eigenvalue weighted by Gasteiger charge is -2.32. The Balaban J connectivity index is 2.33. The van der Waals surface area contributed by atoms with Gasteiger partial charge >= 0.3 is 7.12 Å². The van der Waals surface area contributed by atoms with Gasteiger partial charge in [-0.05, 0) is 44.3 Å². The normalized spacial score (nSPS) is 20.6. The Hall–Kier alpha value is -1.36. The van der Waals surface area contributed by atoms with E-state index in [1.165, 1.54) is 0 Å². The molecule has 4 heteroatoms. The SMILES string of the molecule is C=Cc1ccccc1C=C(CN)B1OC(C)(C)C(C)(C)O1. The van der Waals surface area contributed by atoms with Crippen LogP contribution in [0.1, 0.15) is 38.8 Å².